The zero-order valence-electron chi connectivity index (χ0n) is 30.6. The summed E-state index contributed by atoms with van der Waals surface area (Å²) in [5.41, 5.74) is -0.982. The van der Waals surface area contributed by atoms with Crippen LogP contribution in [0.4, 0.5) is 0 Å². The molecule has 0 bridgehead atoms. The summed E-state index contributed by atoms with van der Waals surface area (Å²) in [6, 6.07) is 0. The Bertz CT molecular complexity index is 604. The summed E-state index contributed by atoms with van der Waals surface area (Å²) in [5, 5.41) is 0. The highest BCUT2D eigenvalue weighted by Crippen LogP contribution is 2.48. The van der Waals surface area contributed by atoms with Gasteiger partial charge in [0, 0.05) is 0 Å². The van der Waals surface area contributed by atoms with Gasteiger partial charge in [-0.3, -0.25) is 9.59 Å². The second-order valence-electron chi connectivity index (χ2n) is 14.5. The fourth-order valence-electron chi connectivity index (χ4n) is 6.52. The fraction of sp³-hybridized carbons (Fsp3) is 0.951. The van der Waals surface area contributed by atoms with E-state index in [1.54, 1.807) is 0 Å². The lowest BCUT2D eigenvalue weighted by Gasteiger charge is -2.14. The highest BCUT2D eigenvalue weighted by atomic mass is 16.6. The van der Waals surface area contributed by atoms with Crippen LogP contribution >= 0.6 is 0 Å². The molecule has 0 amide bonds. The molecule has 1 rings (SSSR count). The minimum atomic E-state index is -0.982. The zero-order valence-corrected chi connectivity index (χ0v) is 30.6. The molecule has 0 aliphatic heterocycles. The largest absolute Gasteiger partial charge is 0.465 e. The Morgan fingerprint density at radius 3 is 0.756 bits per heavy atom. The van der Waals surface area contributed by atoms with E-state index in [-0.39, 0.29) is 11.9 Å². The lowest BCUT2D eigenvalue weighted by atomic mass is 10.0. The van der Waals surface area contributed by atoms with E-state index >= 15 is 0 Å². The molecule has 0 spiro atoms. The van der Waals surface area contributed by atoms with Gasteiger partial charge in [-0.25, -0.2) is 0 Å². The first kappa shape index (κ1) is 42.0. The summed E-state index contributed by atoms with van der Waals surface area (Å²) < 4.78 is 11.0. The molecule has 4 heteroatoms. The third-order valence-corrected chi connectivity index (χ3v) is 9.99. The maximum Gasteiger partial charge on any atom is 0.323 e. The maximum absolute atomic E-state index is 12.6. The molecule has 0 atom stereocenters. The van der Waals surface area contributed by atoms with E-state index in [1.165, 1.54) is 180 Å². The normalized spacial score (nSPS) is 13.6. The number of esters is 2. The van der Waals surface area contributed by atoms with Crippen molar-refractivity contribution >= 4 is 11.9 Å². The number of carbonyl (C=O) groups is 2. The van der Waals surface area contributed by atoms with Crippen LogP contribution in [-0.4, -0.2) is 25.2 Å². The van der Waals surface area contributed by atoms with Crippen LogP contribution in [-0.2, 0) is 19.1 Å². The summed E-state index contributed by atoms with van der Waals surface area (Å²) >= 11 is 0. The molecule has 1 aliphatic carbocycles. The van der Waals surface area contributed by atoms with Crippen molar-refractivity contribution < 1.29 is 19.1 Å². The number of hydrogen-bond donors (Lipinski definition) is 0. The van der Waals surface area contributed by atoms with Gasteiger partial charge in [-0.15, -0.1) is 0 Å². The van der Waals surface area contributed by atoms with Gasteiger partial charge in [-0.1, -0.05) is 206 Å². The van der Waals surface area contributed by atoms with Crippen molar-refractivity contribution in [2.24, 2.45) is 5.41 Å². The molecule has 45 heavy (non-hydrogen) atoms. The van der Waals surface area contributed by atoms with Crippen LogP contribution in [0.2, 0.25) is 0 Å². The second kappa shape index (κ2) is 31.5. The molecule has 1 aliphatic rings. The van der Waals surface area contributed by atoms with Crippen molar-refractivity contribution in [1.29, 1.82) is 0 Å². The fourth-order valence-corrected chi connectivity index (χ4v) is 6.52. The van der Waals surface area contributed by atoms with Crippen LogP contribution in [0, 0.1) is 5.41 Å². The average Bonchev–Trinajstić information content (AvgIpc) is 3.86. The van der Waals surface area contributed by atoms with Crippen molar-refractivity contribution in [3.63, 3.8) is 0 Å². The molecule has 1 saturated carbocycles. The summed E-state index contributed by atoms with van der Waals surface area (Å²) in [4.78, 5) is 25.2. The Kier molecular flexibility index (Phi) is 29.4. The molecule has 0 heterocycles. The topological polar surface area (TPSA) is 52.6 Å². The average molecular weight is 635 g/mol. The smallest absolute Gasteiger partial charge is 0.323 e. The van der Waals surface area contributed by atoms with Gasteiger partial charge >= 0.3 is 11.9 Å². The first-order chi connectivity index (χ1) is 22.2. The quantitative estimate of drug-likeness (QED) is 0.0391. The van der Waals surface area contributed by atoms with Gasteiger partial charge in [0.25, 0.3) is 0 Å². The number of carbonyl (C=O) groups excluding carboxylic acids is 2. The molecular weight excluding hydrogens is 556 g/mol. The van der Waals surface area contributed by atoms with Gasteiger partial charge in [0.1, 0.15) is 0 Å². The van der Waals surface area contributed by atoms with Gasteiger partial charge in [-0.2, -0.15) is 0 Å². The number of rotatable bonds is 36. The monoisotopic (exact) mass is 635 g/mol. The first-order valence-electron chi connectivity index (χ1n) is 20.5. The number of hydrogen-bond acceptors (Lipinski definition) is 4. The van der Waals surface area contributed by atoms with Crippen LogP contribution < -0.4 is 0 Å². The van der Waals surface area contributed by atoms with Crippen LogP contribution in [0.5, 0.6) is 0 Å². The van der Waals surface area contributed by atoms with Crippen LogP contribution in [0.3, 0.4) is 0 Å². The van der Waals surface area contributed by atoms with Gasteiger partial charge in [0.2, 0.25) is 0 Å². The third-order valence-electron chi connectivity index (χ3n) is 9.99. The SMILES string of the molecule is CCCCCCCCCCCCCCCCCCOC(=O)C1(C(=O)OCCCCCCCCCCCCCCCCCC)CC1. The maximum atomic E-state index is 12.6. The lowest BCUT2D eigenvalue weighted by molar-refractivity contribution is -0.164. The summed E-state index contributed by atoms with van der Waals surface area (Å²) in [6.07, 6.45) is 43.6. The highest BCUT2D eigenvalue weighted by Gasteiger charge is 2.59. The molecule has 0 unspecified atom stereocenters. The Hall–Kier alpha value is -1.06. The van der Waals surface area contributed by atoms with Crippen LogP contribution in [0.25, 0.3) is 0 Å². The van der Waals surface area contributed by atoms with Gasteiger partial charge in [-0.05, 0) is 25.7 Å². The number of ether oxygens (including phenoxy) is 2. The molecule has 0 aromatic rings. The minimum Gasteiger partial charge on any atom is -0.465 e. The Labute approximate surface area is 281 Å². The highest BCUT2D eigenvalue weighted by molar-refractivity contribution is 6.03. The van der Waals surface area contributed by atoms with E-state index in [1.807, 2.05) is 0 Å². The molecule has 0 saturated heterocycles. The Balaban J connectivity index is 1.84. The van der Waals surface area contributed by atoms with Crippen LogP contribution in [0.15, 0.2) is 0 Å². The van der Waals surface area contributed by atoms with Crippen molar-refractivity contribution in [3.05, 3.63) is 0 Å². The van der Waals surface area contributed by atoms with E-state index in [0.29, 0.717) is 26.1 Å². The van der Waals surface area contributed by atoms with E-state index < -0.39 is 5.41 Å². The summed E-state index contributed by atoms with van der Waals surface area (Å²) in [7, 11) is 0. The first-order valence-corrected chi connectivity index (χ1v) is 20.5. The molecule has 0 N–H and O–H groups in total. The van der Waals surface area contributed by atoms with E-state index in [2.05, 4.69) is 13.8 Å². The molecule has 0 aromatic carbocycles. The predicted octanol–water partition coefficient (Wildman–Crippen LogP) is 13.4. The lowest BCUT2D eigenvalue weighted by Crippen LogP contribution is -2.30. The van der Waals surface area contributed by atoms with Crippen molar-refractivity contribution in [2.45, 2.75) is 232 Å². The van der Waals surface area contributed by atoms with Gasteiger partial charge in [0.15, 0.2) is 5.41 Å². The summed E-state index contributed by atoms with van der Waals surface area (Å²) in [6.45, 7) is 5.44. The van der Waals surface area contributed by atoms with E-state index in [9.17, 15) is 9.59 Å². The van der Waals surface area contributed by atoms with E-state index in [0.717, 1.165) is 25.7 Å². The van der Waals surface area contributed by atoms with Crippen molar-refractivity contribution in [1.82, 2.24) is 0 Å². The van der Waals surface area contributed by atoms with Crippen LogP contribution in [0.1, 0.15) is 232 Å². The van der Waals surface area contributed by atoms with E-state index in [4.69, 9.17) is 9.47 Å². The van der Waals surface area contributed by atoms with Crippen molar-refractivity contribution in [3.8, 4) is 0 Å². The third kappa shape index (κ3) is 24.7. The predicted molar refractivity (Wildman–Crippen MR) is 193 cm³/mol. The van der Waals surface area contributed by atoms with Gasteiger partial charge in [0.05, 0.1) is 13.2 Å². The molecule has 266 valence electrons. The molecule has 4 nitrogen and oxygen atoms in total. The Morgan fingerprint density at radius 2 is 0.556 bits per heavy atom. The molecule has 1 fully saturated rings. The molecule has 0 aromatic heterocycles. The standard InChI is InChI=1S/C41H78O4/c1-3-5-7-9-11-13-15-17-19-21-23-25-27-29-31-33-37-44-39(42)41(35-36-41)40(43)45-38-34-32-30-28-26-24-22-20-18-16-14-12-10-8-6-4-2/h3-38H2,1-2H3. The summed E-state index contributed by atoms with van der Waals surface area (Å²) in [5.74, 6) is -0.694. The van der Waals surface area contributed by atoms with Gasteiger partial charge < -0.3 is 9.47 Å². The molecular formula is C41H78O4. The minimum absolute atomic E-state index is 0.347. The second-order valence-corrected chi connectivity index (χ2v) is 14.5. The molecule has 0 radical (unpaired) electrons. The van der Waals surface area contributed by atoms with Crippen molar-refractivity contribution in [2.75, 3.05) is 13.2 Å². The Morgan fingerprint density at radius 1 is 0.356 bits per heavy atom. The number of unbranched alkanes of at least 4 members (excludes halogenated alkanes) is 30. The zero-order chi connectivity index (χ0) is 32.5.